The van der Waals surface area contributed by atoms with Gasteiger partial charge in [0.2, 0.25) is 0 Å². The molecule has 0 radical (unpaired) electrons. The van der Waals surface area contributed by atoms with E-state index < -0.39 is 0 Å². The van der Waals surface area contributed by atoms with Crippen molar-refractivity contribution in [1.82, 2.24) is 0 Å². The van der Waals surface area contributed by atoms with Gasteiger partial charge in [-0.15, -0.1) is 0 Å². The van der Waals surface area contributed by atoms with E-state index in [0.717, 1.165) is 5.91 Å². The second-order valence-corrected chi connectivity index (χ2v) is 74.2. The van der Waals surface area contributed by atoms with Crippen molar-refractivity contribution in [3.63, 3.8) is 0 Å². The second-order valence-electron chi connectivity index (χ2n) is 2.91. The van der Waals surface area contributed by atoms with E-state index in [0.29, 0.717) is 0 Å². The Morgan fingerprint density at radius 1 is 0.452 bits per heavy atom. The average Bonchev–Trinajstić information content (AvgIpc) is 2.76. The summed E-state index contributed by atoms with van der Waals surface area (Å²) in [7, 11) is 45.9. The Bertz CT molecular complexity index is 896. The molecular weight excluding hydrogens is 1040 g/mol. The van der Waals surface area contributed by atoms with Crippen LogP contribution in [0.3, 0.4) is 0 Å². The fourth-order valence-electron chi connectivity index (χ4n) is 0.506. The number of hydrogen-bond donors (Lipinski definition) is 0. The SMILES string of the molecule is CP(#P)P=PP=PP=PP=PP=PP=PP=PP=PP=PP=PP=PP=PP=PPI. The van der Waals surface area contributed by atoms with Crippen molar-refractivity contribution in [1.29, 1.82) is 0 Å². The van der Waals surface area contributed by atoms with Crippen LogP contribution in [0.1, 0.15) is 0 Å². The minimum absolute atomic E-state index is 0.0229. The molecule has 0 heterocycles. The van der Waals surface area contributed by atoms with Gasteiger partial charge in [0.25, 0.3) is 0 Å². The van der Waals surface area contributed by atoms with Gasteiger partial charge in [-0.05, 0) is 90.0 Å². The van der Waals surface area contributed by atoms with E-state index in [-0.39, 0.29) is 6.71 Å². The summed E-state index contributed by atoms with van der Waals surface area (Å²) >= 11 is 2.49. The Labute approximate surface area is 242 Å². The predicted octanol–water partition coefficient (Wildman–Crippen LogP) is 25.8. The van der Waals surface area contributed by atoms with Gasteiger partial charge in [-0.2, -0.15) is 0 Å². The summed E-state index contributed by atoms with van der Waals surface area (Å²) < 4.78 is 0. The molecule has 0 saturated heterocycles. The molecule has 0 nitrogen and oxygen atoms in total. The van der Waals surface area contributed by atoms with Crippen molar-refractivity contribution in [2.45, 2.75) is 0 Å². The normalized spacial score (nSPS) is 15.6. The molecule has 0 aromatic heterocycles. The molecule has 0 rings (SSSR count). The second kappa shape index (κ2) is 37.7. The van der Waals surface area contributed by atoms with Crippen LogP contribution in [0.4, 0.5) is 0 Å². The molecule has 0 aromatic rings. The van der Waals surface area contributed by atoms with Crippen LogP contribution in [0.15, 0.2) is 0 Å². The Morgan fingerprint density at radius 2 is 0.677 bits per heavy atom. The molecule has 2 unspecified atom stereocenters. The summed E-state index contributed by atoms with van der Waals surface area (Å²) in [5.41, 5.74) is 0. The first kappa shape index (κ1) is 40.7. The molecule has 0 fully saturated rings. The van der Waals surface area contributed by atoms with Crippen LogP contribution in [0, 0.1) is 0 Å². The number of rotatable bonds is 13. The molecule has 0 aliphatic rings. The van der Waals surface area contributed by atoms with Crippen LogP contribution in [0.2, 0.25) is 0 Å². The molecule has 0 saturated carbocycles. The molecule has 160 valence electrons. The van der Waals surface area contributed by atoms with E-state index in [1.165, 1.54) is 7.56 Å². The fourth-order valence-corrected chi connectivity index (χ4v) is 122. The van der Waals surface area contributed by atoms with E-state index >= 15 is 0 Å². The molecule has 0 N–H and O–H groups in total. The molecule has 2 atom stereocenters. The van der Waals surface area contributed by atoms with E-state index in [9.17, 15) is 0 Å². The first-order valence-corrected chi connectivity index (χ1v) is 55.8. The quantitative estimate of drug-likeness (QED) is 0.127. The van der Waals surface area contributed by atoms with Crippen LogP contribution in [-0.4, -0.2) is 6.66 Å². The van der Waals surface area contributed by atoms with Crippen molar-refractivity contribution in [3.8, 4) is 0 Å². The van der Waals surface area contributed by atoms with Crippen molar-refractivity contribution in [2.24, 2.45) is 0 Å². The Morgan fingerprint density at radius 3 is 0.903 bits per heavy atom. The van der Waals surface area contributed by atoms with Gasteiger partial charge in [0.05, 0.1) is 0 Å². The maximum atomic E-state index is 4.48. The minimum atomic E-state index is -0.0229. The van der Waals surface area contributed by atoms with Gasteiger partial charge in [0.1, 0.15) is 0 Å². The van der Waals surface area contributed by atoms with Gasteiger partial charge in [0.15, 0.2) is 0 Å². The van der Waals surface area contributed by atoms with E-state index in [2.05, 4.69) is 37.0 Å². The van der Waals surface area contributed by atoms with Gasteiger partial charge in [-0.25, -0.2) is 0 Å². The molecule has 30 heteroatoms. The van der Waals surface area contributed by atoms with Gasteiger partial charge >= 0.3 is 105 Å². The summed E-state index contributed by atoms with van der Waals surface area (Å²) in [4.78, 5) is 0. The number of halogens is 1. The van der Waals surface area contributed by atoms with Gasteiger partial charge < -0.3 is 0 Å². The maximum absolute atomic E-state index is 4.48. The Kier molecular flexibility index (Phi) is 49.5. The average molecular weight is 1040 g/mol. The molecule has 0 aliphatic carbocycles. The predicted molar refractivity (Wildman–Crippen MR) is 222 cm³/mol. The first-order valence-electron chi connectivity index (χ1n) is 6.26. The van der Waals surface area contributed by atoms with Crippen molar-refractivity contribution in [2.75, 3.05) is 6.66 Å². The summed E-state index contributed by atoms with van der Waals surface area (Å²) in [6.07, 6.45) is 0. The van der Waals surface area contributed by atoms with Crippen molar-refractivity contribution in [3.05, 3.63) is 0 Å². The molecule has 0 amide bonds. The van der Waals surface area contributed by atoms with Crippen LogP contribution >= 0.6 is 239 Å². The van der Waals surface area contributed by atoms with Gasteiger partial charge in [-0.3, -0.25) is 0 Å². The minimum Gasteiger partial charge on any atom is -0.0467 e. The molecule has 31 heavy (non-hydrogen) atoms. The smallest absolute Gasteiger partial charge is 0.0467 e. The Hall–Kier alpha value is 9.69. The monoisotopic (exact) mass is 1040 g/mol. The van der Waals surface area contributed by atoms with E-state index in [4.69, 9.17) is 0 Å². The standard InChI is InChI=1S/CH4IP29/c1-31(3)30-29-28-27-26-25-24-23-22-21-20-19-18-17-16-15-14-13-12-11-10-9-8-7-6-5-4-2/h4H,1H3. The number of hydrogen-bond acceptors (Lipinski definition) is 0. The van der Waals surface area contributed by atoms with Crippen molar-refractivity contribution >= 4 is 239 Å². The molecular formula is CH4IP29. The summed E-state index contributed by atoms with van der Waals surface area (Å²) in [6, 6.07) is 0. The van der Waals surface area contributed by atoms with Gasteiger partial charge in [0, 0.05) is 51.2 Å². The Balaban J connectivity index is 3.98. The van der Waals surface area contributed by atoms with E-state index in [1.807, 2.05) is 0 Å². The molecule has 0 aromatic carbocycles. The molecule has 0 bridgehead atoms. The van der Waals surface area contributed by atoms with Crippen LogP contribution in [0.5, 0.6) is 0 Å². The summed E-state index contributed by atoms with van der Waals surface area (Å²) in [5, 5.41) is 0. The van der Waals surface area contributed by atoms with Crippen LogP contribution < -0.4 is 0 Å². The first-order chi connectivity index (χ1) is 15.3. The molecule has 0 spiro atoms. The van der Waals surface area contributed by atoms with Crippen molar-refractivity contribution < 1.29 is 0 Å². The fraction of sp³-hybridized carbons (Fsp3) is 1.00. The zero-order valence-corrected chi connectivity index (χ0v) is 42.6. The summed E-state index contributed by atoms with van der Waals surface area (Å²) in [5.74, 6) is 1.07. The van der Waals surface area contributed by atoms with Crippen LogP contribution in [-0.2, 0) is 0 Å². The van der Waals surface area contributed by atoms with E-state index in [1.54, 1.807) is 189 Å². The van der Waals surface area contributed by atoms with Crippen LogP contribution in [0.25, 0.3) is 0 Å². The van der Waals surface area contributed by atoms with Gasteiger partial charge in [-0.1, -0.05) is 0 Å². The third-order valence-electron chi connectivity index (χ3n) is 1.17. The topological polar surface area (TPSA) is 0 Å². The summed E-state index contributed by atoms with van der Waals surface area (Å²) in [6.45, 7) is 2.21. The third-order valence-corrected chi connectivity index (χ3v) is 93.9. The zero-order chi connectivity index (χ0) is 22.7. The third kappa shape index (κ3) is 39.7. The molecule has 0 aliphatic heterocycles. The zero-order valence-electron chi connectivity index (χ0n) is 14.4.